The molecule has 0 bridgehead atoms. The third kappa shape index (κ3) is 3.84. The molecule has 2 aromatic heterocycles. The molecule has 1 amide bonds. The molecule has 23 heavy (non-hydrogen) atoms. The third-order valence-corrected chi connectivity index (χ3v) is 4.27. The maximum absolute atomic E-state index is 12.0. The zero-order valence-electron chi connectivity index (χ0n) is 13.0. The van der Waals surface area contributed by atoms with Gasteiger partial charge in [0.2, 0.25) is 17.7 Å². The van der Waals surface area contributed by atoms with E-state index in [1.54, 1.807) is 11.3 Å². The molecular formula is C17H17N3O2S. The number of hydrogen-bond donors (Lipinski definition) is 1. The Kier molecular flexibility index (Phi) is 4.52. The molecule has 1 aromatic carbocycles. The Morgan fingerprint density at radius 3 is 2.83 bits per heavy atom. The monoisotopic (exact) mass is 327 g/mol. The largest absolute Gasteiger partial charge is 0.421 e. The summed E-state index contributed by atoms with van der Waals surface area (Å²) in [5.41, 5.74) is 4.07. The zero-order valence-corrected chi connectivity index (χ0v) is 13.8. The molecule has 0 fully saturated rings. The number of anilines is 1. The summed E-state index contributed by atoms with van der Waals surface area (Å²) in [4.78, 5) is 12.0. The summed E-state index contributed by atoms with van der Waals surface area (Å²) < 4.78 is 5.57. The summed E-state index contributed by atoms with van der Waals surface area (Å²) in [6, 6.07) is 7.79. The molecule has 0 aliphatic carbocycles. The minimum absolute atomic E-state index is 0.0662. The van der Waals surface area contributed by atoms with Crippen LogP contribution in [0.4, 0.5) is 5.69 Å². The van der Waals surface area contributed by atoms with Crippen molar-refractivity contribution in [1.82, 2.24) is 10.2 Å². The van der Waals surface area contributed by atoms with Gasteiger partial charge in [-0.2, -0.15) is 11.3 Å². The molecule has 3 aromatic rings. The number of carbonyl (C=O) groups excluding carboxylic acids is 1. The summed E-state index contributed by atoms with van der Waals surface area (Å²) in [6.07, 6.45) is 0.728. The van der Waals surface area contributed by atoms with E-state index in [0.29, 0.717) is 24.6 Å². The van der Waals surface area contributed by atoms with Crippen molar-refractivity contribution in [2.24, 2.45) is 0 Å². The fraction of sp³-hybridized carbons (Fsp3) is 0.235. The number of aryl methyl sites for hydroxylation is 3. The molecule has 3 rings (SSSR count). The van der Waals surface area contributed by atoms with Crippen LogP contribution in [-0.4, -0.2) is 16.1 Å². The lowest BCUT2D eigenvalue weighted by Crippen LogP contribution is -2.12. The van der Waals surface area contributed by atoms with Crippen LogP contribution in [0.2, 0.25) is 0 Å². The van der Waals surface area contributed by atoms with Crippen LogP contribution in [0.3, 0.4) is 0 Å². The smallest absolute Gasteiger partial charge is 0.248 e. The lowest BCUT2D eigenvalue weighted by Gasteiger charge is -2.06. The number of amides is 1. The molecule has 0 aliphatic rings. The molecule has 0 unspecified atom stereocenters. The predicted octanol–water partition coefficient (Wildman–Crippen LogP) is 3.99. The lowest BCUT2D eigenvalue weighted by molar-refractivity contribution is -0.116. The van der Waals surface area contributed by atoms with Gasteiger partial charge in [0.1, 0.15) is 0 Å². The first-order valence-electron chi connectivity index (χ1n) is 7.34. The summed E-state index contributed by atoms with van der Waals surface area (Å²) in [5, 5.41) is 14.8. The molecule has 0 radical (unpaired) electrons. The molecule has 0 aliphatic heterocycles. The summed E-state index contributed by atoms with van der Waals surface area (Å²) in [5.74, 6) is 0.904. The van der Waals surface area contributed by atoms with Gasteiger partial charge in [0, 0.05) is 29.5 Å². The van der Waals surface area contributed by atoms with Gasteiger partial charge in [-0.3, -0.25) is 4.79 Å². The molecule has 0 spiro atoms. The first-order valence-corrected chi connectivity index (χ1v) is 8.28. The number of thiophene rings is 1. The SMILES string of the molecule is Cc1ccc(NC(=O)CCc2nnc(-c3ccsc3)o2)cc1C. The van der Waals surface area contributed by atoms with E-state index < -0.39 is 0 Å². The number of benzene rings is 1. The quantitative estimate of drug-likeness (QED) is 0.769. The van der Waals surface area contributed by atoms with Crippen LogP contribution < -0.4 is 5.32 Å². The van der Waals surface area contributed by atoms with E-state index in [1.165, 1.54) is 5.56 Å². The second-order valence-electron chi connectivity index (χ2n) is 5.36. The second-order valence-corrected chi connectivity index (χ2v) is 6.14. The maximum Gasteiger partial charge on any atom is 0.248 e. The number of carbonyl (C=O) groups is 1. The molecule has 118 valence electrons. The first-order chi connectivity index (χ1) is 11.1. The van der Waals surface area contributed by atoms with Crippen molar-refractivity contribution in [1.29, 1.82) is 0 Å². The molecule has 0 atom stereocenters. The van der Waals surface area contributed by atoms with E-state index in [2.05, 4.69) is 15.5 Å². The van der Waals surface area contributed by atoms with E-state index >= 15 is 0 Å². The average Bonchev–Trinajstić information content (AvgIpc) is 3.19. The van der Waals surface area contributed by atoms with Crippen LogP contribution in [0.1, 0.15) is 23.4 Å². The van der Waals surface area contributed by atoms with Crippen LogP contribution in [0.5, 0.6) is 0 Å². The number of aromatic nitrogens is 2. The van der Waals surface area contributed by atoms with Gasteiger partial charge in [0.05, 0.1) is 0 Å². The average molecular weight is 327 g/mol. The molecule has 5 nitrogen and oxygen atoms in total. The Hall–Kier alpha value is -2.47. The third-order valence-electron chi connectivity index (χ3n) is 3.59. The van der Waals surface area contributed by atoms with E-state index in [1.807, 2.05) is 48.9 Å². The predicted molar refractivity (Wildman–Crippen MR) is 90.5 cm³/mol. The van der Waals surface area contributed by atoms with E-state index in [0.717, 1.165) is 16.8 Å². The Morgan fingerprint density at radius 1 is 1.22 bits per heavy atom. The molecule has 2 heterocycles. The van der Waals surface area contributed by atoms with Crippen LogP contribution in [-0.2, 0) is 11.2 Å². The van der Waals surface area contributed by atoms with Crippen molar-refractivity contribution in [3.05, 3.63) is 52.0 Å². The minimum atomic E-state index is -0.0662. The Balaban J connectivity index is 1.55. The summed E-state index contributed by atoms with van der Waals surface area (Å²) >= 11 is 1.57. The molecule has 0 saturated heterocycles. The highest BCUT2D eigenvalue weighted by Crippen LogP contribution is 2.21. The van der Waals surface area contributed by atoms with Gasteiger partial charge in [-0.25, -0.2) is 0 Å². The molecule has 1 N–H and O–H groups in total. The number of hydrogen-bond acceptors (Lipinski definition) is 5. The van der Waals surface area contributed by atoms with Gasteiger partial charge in [0.15, 0.2) is 0 Å². The van der Waals surface area contributed by atoms with Crippen LogP contribution in [0, 0.1) is 13.8 Å². The van der Waals surface area contributed by atoms with Crippen molar-refractivity contribution in [2.45, 2.75) is 26.7 Å². The van der Waals surface area contributed by atoms with E-state index in [-0.39, 0.29) is 5.91 Å². The van der Waals surface area contributed by atoms with Crippen LogP contribution >= 0.6 is 11.3 Å². The van der Waals surface area contributed by atoms with Crippen molar-refractivity contribution in [3.8, 4) is 11.5 Å². The van der Waals surface area contributed by atoms with Gasteiger partial charge in [-0.15, -0.1) is 10.2 Å². The van der Waals surface area contributed by atoms with Crippen LogP contribution in [0.25, 0.3) is 11.5 Å². The van der Waals surface area contributed by atoms with Gasteiger partial charge < -0.3 is 9.73 Å². The van der Waals surface area contributed by atoms with Crippen molar-refractivity contribution < 1.29 is 9.21 Å². The lowest BCUT2D eigenvalue weighted by atomic mass is 10.1. The van der Waals surface area contributed by atoms with Gasteiger partial charge in [-0.1, -0.05) is 6.07 Å². The second kappa shape index (κ2) is 6.75. The first kappa shape index (κ1) is 15.4. The normalized spacial score (nSPS) is 10.7. The number of nitrogens with one attached hydrogen (secondary N) is 1. The van der Waals surface area contributed by atoms with Gasteiger partial charge in [-0.05, 0) is 48.6 Å². The topological polar surface area (TPSA) is 68.0 Å². The van der Waals surface area contributed by atoms with Crippen molar-refractivity contribution >= 4 is 22.9 Å². The van der Waals surface area contributed by atoms with E-state index in [4.69, 9.17) is 4.42 Å². The van der Waals surface area contributed by atoms with Crippen molar-refractivity contribution in [2.75, 3.05) is 5.32 Å². The number of nitrogens with zero attached hydrogens (tertiary/aromatic N) is 2. The fourth-order valence-corrected chi connectivity index (χ4v) is 2.75. The molecule has 6 heteroatoms. The minimum Gasteiger partial charge on any atom is -0.421 e. The number of rotatable bonds is 5. The zero-order chi connectivity index (χ0) is 16.2. The Morgan fingerprint density at radius 2 is 2.09 bits per heavy atom. The van der Waals surface area contributed by atoms with E-state index in [9.17, 15) is 4.79 Å². The summed E-state index contributed by atoms with van der Waals surface area (Å²) in [7, 11) is 0. The Labute approximate surface area is 138 Å². The standard InChI is InChI=1S/C17H17N3O2S/c1-11-3-4-14(9-12(11)2)18-15(21)5-6-16-19-20-17(22-16)13-7-8-23-10-13/h3-4,7-10H,5-6H2,1-2H3,(H,18,21). The molecule has 0 saturated carbocycles. The van der Waals surface area contributed by atoms with Crippen LogP contribution in [0.15, 0.2) is 39.4 Å². The maximum atomic E-state index is 12.0. The fourth-order valence-electron chi connectivity index (χ4n) is 2.12. The van der Waals surface area contributed by atoms with Gasteiger partial charge >= 0.3 is 0 Å². The van der Waals surface area contributed by atoms with Gasteiger partial charge in [0.25, 0.3) is 0 Å². The highest BCUT2D eigenvalue weighted by molar-refractivity contribution is 7.08. The Bertz CT molecular complexity index is 809. The molecular weight excluding hydrogens is 310 g/mol. The van der Waals surface area contributed by atoms with Crippen molar-refractivity contribution in [3.63, 3.8) is 0 Å². The summed E-state index contributed by atoms with van der Waals surface area (Å²) in [6.45, 7) is 4.07. The highest BCUT2D eigenvalue weighted by atomic mass is 32.1. The highest BCUT2D eigenvalue weighted by Gasteiger charge is 2.11.